The van der Waals surface area contributed by atoms with Crippen LogP contribution < -0.4 is 5.32 Å². The van der Waals surface area contributed by atoms with Crippen molar-refractivity contribution < 1.29 is 23.9 Å². The average Bonchev–Trinajstić information content (AvgIpc) is 2.91. The largest absolute Gasteiger partial charge is 0.469 e. The fourth-order valence-electron chi connectivity index (χ4n) is 2.94. The van der Waals surface area contributed by atoms with Crippen LogP contribution in [0.4, 0.5) is 0 Å². The molecule has 0 radical (unpaired) electrons. The van der Waals surface area contributed by atoms with Gasteiger partial charge in [0.15, 0.2) is 0 Å². The first-order chi connectivity index (χ1) is 13.3. The van der Waals surface area contributed by atoms with E-state index in [1.807, 2.05) is 0 Å². The number of fused-ring (bicyclic) bond motifs is 1. The van der Waals surface area contributed by atoms with E-state index >= 15 is 0 Å². The standard InChI is InChI=1S/C20H17ClN2O5/c1-23-19(26)14-8-5-12(9-15(14)20(23)27)18(25)22-16(10-17(24)28-2)11-3-6-13(21)7-4-11/h3-9,16H,10H2,1-2H3,(H,22,25)/t16-/m0/s1. The fraction of sp³-hybridized carbons (Fsp3) is 0.200. The molecule has 0 aliphatic carbocycles. The summed E-state index contributed by atoms with van der Waals surface area (Å²) < 4.78 is 4.71. The van der Waals surface area contributed by atoms with Gasteiger partial charge in [-0.25, -0.2) is 0 Å². The molecule has 0 bridgehead atoms. The number of carbonyl (C=O) groups is 4. The second-order valence-corrected chi connectivity index (χ2v) is 6.72. The maximum atomic E-state index is 12.7. The van der Waals surface area contributed by atoms with Crippen LogP contribution in [-0.4, -0.2) is 42.7 Å². The molecule has 0 unspecified atom stereocenters. The minimum absolute atomic E-state index is 0.0744. The molecule has 7 nitrogen and oxygen atoms in total. The summed E-state index contributed by atoms with van der Waals surface area (Å²) in [6.45, 7) is 0. The van der Waals surface area contributed by atoms with Gasteiger partial charge in [0, 0.05) is 17.6 Å². The van der Waals surface area contributed by atoms with E-state index in [2.05, 4.69) is 5.32 Å². The summed E-state index contributed by atoms with van der Waals surface area (Å²) in [5.74, 6) is -1.84. The van der Waals surface area contributed by atoms with Crippen molar-refractivity contribution in [3.05, 3.63) is 69.7 Å². The lowest BCUT2D eigenvalue weighted by molar-refractivity contribution is -0.141. The normalized spacial score (nSPS) is 13.9. The summed E-state index contributed by atoms with van der Waals surface area (Å²) in [4.78, 5) is 49.6. The Labute approximate surface area is 166 Å². The van der Waals surface area contributed by atoms with Crippen LogP contribution in [-0.2, 0) is 9.53 Å². The monoisotopic (exact) mass is 400 g/mol. The summed E-state index contributed by atoms with van der Waals surface area (Å²) in [6.07, 6.45) is -0.0744. The number of amides is 3. The summed E-state index contributed by atoms with van der Waals surface area (Å²) >= 11 is 5.90. The van der Waals surface area contributed by atoms with Gasteiger partial charge >= 0.3 is 5.97 Å². The lowest BCUT2D eigenvalue weighted by Crippen LogP contribution is -2.30. The number of hydrogen-bond acceptors (Lipinski definition) is 5. The van der Waals surface area contributed by atoms with Crippen LogP contribution in [0.15, 0.2) is 42.5 Å². The number of nitrogens with one attached hydrogen (secondary N) is 1. The van der Waals surface area contributed by atoms with E-state index in [-0.39, 0.29) is 23.1 Å². The first-order valence-corrected chi connectivity index (χ1v) is 8.79. The second-order valence-electron chi connectivity index (χ2n) is 6.29. The number of imide groups is 1. The van der Waals surface area contributed by atoms with Crippen LogP contribution >= 0.6 is 11.6 Å². The highest BCUT2D eigenvalue weighted by Crippen LogP contribution is 2.24. The van der Waals surface area contributed by atoms with Crippen molar-refractivity contribution in [1.29, 1.82) is 0 Å². The molecular weight excluding hydrogens is 384 g/mol. The van der Waals surface area contributed by atoms with E-state index in [0.717, 1.165) is 4.90 Å². The molecule has 2 aromatic carbocycles. The molecule has 1 aliphatic heterocycles. The van der Waals surface area contributed by atoms with Crippen molar-refractivity contribution in [1.82, 2.24) is 10.2 Å². The Kier molecular flexibility index (Phi) is 5.46. The third kappa shape index (κ3) is 3.75. The minimum Gasteiger partial charge on any atom is -0.469 e. The molecule has 0 saturated carbocycles. The van der Waals surface area contributed by atoms with Crippen LogP contribution in [0.5, 0.6) is 0 Å². The van der Waals surface area contributed by atoms with Gasteiger partial charge in [0.2, 0.25) is 0 Å². The predicted molar refractivity (Wildman–Crippen MR) is 101 cm³/mol. The highest BCUT2D eigenvalue weighted by molar-refractivity contribution is 6.30. The zero-order valence-corrected chi connectivity index (χ0v) is 15.9. The lowest BCUT2D eigenvalue weighted by atomic mass is 10.0. The van der Waals surface area contributed by atoms with E-state index in [1.165, 1.54) is 32.4 Å². The number of esters is 1. The maximum absolute atomic E-state index is 12.7. The van der Waals surface area contributed by atoms with Crippen molar-refractivity contribution in [3.63, 3.8) is 0 Å². The van der Waals surface area contributed by atoms with Crippen molar-refractivity contribution in [2.75, 3.05) is 14.2 Å². The van der Waals surface area contributed by atoms with E-state index in [1.54, 1.807) is 24.3 Å². The number of nitrogens with zero attached hydrogens (tertiary/aromatic N) is 1. The minimum atomic E-state index is -0.648. The van der Waals surface area contributed by atoms with Gasteiger partial charge < -0.3 is 10.1 Å². The molecule has 3 amide bonds. The van der Waals surface area contributed by atoms with Gasteiger partial charge in [-0.15, -0.1) is 0 Å². The van der Waals surface area contributed by atoms with E-state index in [4.69, 9.17) is 16.3 Å². The number of carbonyl (C=O) groups excluding carboxylic acids is 4. The van der Waals surface area contributed by atoms with Gasteiger partial charge in [0.05, 0.1) is 30.7 Å². The molecular formula is C20H17ClN2O5. The lowest BCUT2D eigenvalue weighted by Gasteiger charge is -2.18. The van der Waals surface area contributed by atoms with Crippen molar-refractivity contribution in [2.24, 2.45) is 0 Å². The van der Waals surface area contributed by atoms with E-state index in [9.17, 15) is 19.2 Å². The Morgan fingerprint density at radius 2 is 1.71 bits per heavy atom. The zero-order chi connectivity index (χ0) is 20.4. The number of halogens is 1. The van der Waals surface area contributed by atoms with Crippen LogP contribution in [0.2, 0.25) is 5.02 Å². The first kappa shape index (κ1) is 19.6. The molecule has 8 heteroatoms. The number of rotatable bonds is 5. The molecule has 0 aromatic heterocycles. The molecule has 1 atom stereocenters. The maximum Gasteiger partial charge on any atom is 0.307 e. The molecule has 28 heavy (non-hydrogen) atoms. The Hall–Kier alpha value is -3.19. The molecule has 0 spiro atoms. The third-order valence-corrected chi connectivity index (χ3v) is 4.78. The van der Waals surface area contributed by atoms with Gasteiger partial charge in [-0.1, -0.05) is 23.7 Å². The van der Waals surface area contributed by atoms with E-state index < -0.39 is 29.7 Å². The summed E-state index contributed by atoms with van der Waals surface area (Å²) in [5.41, 5.74) is 1.32. The molecule has 1 aliphatic rings. The highest BCUT2D eigenvalue weighted by atomic mass is 35.5. The Balaban J connectivity index is 1.86. The number of methoxy groups -OCH3 is 1. The summed E-state index contributed by atoms with van der Waals surface area (Å²) in [6, 6.07) is 10.4. The number of benzene rings is 2. The van der Waals surface area contributed by atoms with Crippen LogP contribution in [0.25, 0.3) is 0 Å². The topological polar surface area (TPSA) is 92.8 Å². The molecule has 1 N–H and O–H groups in total. The van der Waals surface area contributed by atoms with Crippen LogP contribution in [0.1, 0.15) is 49.1 Å². The van der Waals surface area contributed by atoms with Gasteiger partial charge in [0.25, 0.3) is 17.7 Å². The van der Waals surface area contributed by atoms with Crippen molar-refractivity contribution in [3.8, 4) is 0 Å². The quantitative estimate of drug-likeness (QED) is 0.615. The molecule has 1 heterocycles. The van der Waals surface area contributed by atoms with Gasteiger partial charge in [0.1, 0.15) is 0 Å². The van der Waals surface area contributed by atoms with Crippen LogP contribution in [0.3, 0.4) is 0 Å². The third-order valence-electron chi connectivity index (χ3n) is 4.53. The summed E-state index contributed by atoms with van der Waals surface area (Å²) in [5, 5.41) is 3.30. The molecule has 0 fully saturated rings. The van der Waals surface area contributed by atoms with Crippen LogP contribution in [0, 0.1) is 0 Å². The molecule has 3 rings (SSSR count). The predicted octanol–water partition coefficient (Wildman–Crippen LogP) is 2.60. The van der Waals surface area contributed by atoms with Gasteiger partial charge in [-0.3, -0.25) is 24.1 Å². The Bertz CT molecular complexity index is 971. The highest BCUT2D eigenvalue weighted by Gasteiger charge is 2.33. The Morgan fingerprint density at radius 1 is 1.07 bits per heavy atom. The Morgan fingerprint density at radius 3 is 2.36 bits per heavy atom. The number of hydrogen-bond donors (Lipinski definition) is 1. The van der Waals surface area contributed by atoms with Crippen molar-refractivity contribution in [2.45, 2.75) is 12.5 Å². The van der Waals surface area contributed by atoms with E-state index in [0.29, 0.717) is 10.6 Å². The van der Waals surface area contributed by atoms with Gasteiger partial charge in [-0.05, 0) is 35.9 Å². The zero-order valence-electron chi connectivity index (χ0n) is 15.2. The molecule has 2 aromatic rings. The SMILES string of the molecule is COC(=O)C[C@H](NC(=O)c1ccc2c(c1)C(=O)N(C)C2=O)c1ccc(Cl)cc1. The smallest absolute Gasteiger partial charge is 0.307 e. The molecule has 144 valence electrons. The molecule has 0 saturated heterocycles. The first-order valence-electron chi connectivity index (χ1n) is 8.41. The average molecular weight is 401 g/mol. The van der Waals surface area contributed by atoms with Crippen molar-refractivity contribution >= 4 is 35.3 Å². The second kappa shape index (κ2) is 7.82. The fourth-order valence-corrected chi connectivity index (χ4v) is 3.07. The number of ether oxygens (including phenoxy) is 1. The van der Waals surface area contributed by atoms with Gasteiger partial charge in [-0.2, -0.15) is 0 Å². The summed E-state index contributed by atoms with van der Waals surface area (Å²) in [7, 11) is 2.65.